The van der Waals surface area contributed by atoms with Crippen molar-refractivity contribution in [1.82, 2.24) is 4.98 Å². The maximum absolute atomic E-state index is 9.01. The molecule has 0 aliphatic rings. The molecular formula is C14H16N2O2. The Hall–Kier alpha value is -2.07. The van der Waals surface area contributed by atoms with Gasteiger partial charge < -0.3 is 15.6 Å². The van der Waals surface area contributed by atoms with Crippen LogP contribution in [-0.2, 0) is 6.42 Å². The topological polar surface area (TPSA) is 68.4 Å². The second kappa shape index (κ2) is 5.51. The molecule has 0 radical (unpaired) electrons. The molecule has 0 amide bonds. The molecule has 4 nitrogen and oxygen atoms in total. The number of rotatable bonds is 4. The highest BCUT2D eigenvalue weighted by atomic mass is 16.5. The largest absolute Gasteiger partial charge is 0.437 e. The van der Waals surface area contributed by atoms with Crippen molar-refractivity contribution in [3.63, 3.8) is 0 Å². The average molecular weight is 244 g/mol. The number of benzene rings is 1. The van der Waals surface area contributed by atoms with Gasteiger partial charge in [-0.1, -0.05) is 18.2 Å². The van der Waals surface area contributed by atoms with Crippen LogP contribution in [0.15, 0.2) is 36.5 Å². The molecule has 0 saturated heterocycles. The number of anilines is 1. The van der Waals surface area contributed by atoms with Crippen LogP contribution in [0.4, 0.5) is 5.69 Å². The standard InChI is InChI=1S/C14H16N2O2/c1-10-8-12(15)14(16-9-10)18-13-5-3-2-4-11(13)6-7-17/h2-5,8-9,17H,6-7,15H2,1H3. The first-order valence-corrected chi connectivity index (χ1v) is 5.79. The highest BCUT2D eigenvalue weighted by molar-refractivity contribution is 5.51. The summed E-state index contributed by atoms with van der Waals surface area (Å²) in [6.07, 6.45) is 2.25. The lowest BCUT2D eigenvalue weighted by Gasteiger charge is -2.11. The van der Waals surface area contributed by atoms with E-state index in [2.05, 4.69) is 4.98 Å². The number of pyridine rings is 1. The quantitative estimate of drug-likeness (QED) is 0.866. The molecule has 0 unspecified atom stereocenters. The molecule has 18 heavy (non-hydrogen) atoms. The number of aryl methyl sites for hydroxylation is 1. The van der Waals surface area contributed by atoms with Crippen LogP contribution < -0.4 is 10.5 Å². The van der Waals surface area contributed by atoms with Gasteiger partial charge in [-0.2, -0.15) is 0 Å². The van der Waals surface area contributed by atoms with Crippen molar-refractivity contribution >= 4 is 5.69 Å². The Kier molecular flexibility index (Phi) is 3.79. The van der Waals surface area contributed by atoms with Crippen molar-refractivity contribution in [1.29, 1.82) is 0 Å². The van der Waals surface area contributed by atoms with Crippen LogP contribution in [-0.4, -0.2) is 16.7 Å². The summed E-state index contributed by atoms with van der Waals surface area (Å²) in [5, 5.41) is 9.01. The number of nitrogens with zero attached hydrogens (tertiary/aromatic N) is 1. The zero-order valence-corrected chi connectivity index (χ0v) is 10.3. The molecule has 0 fully saturated rings. The van der Waals surface area contributed by atoms with Crippen LogP contribution in [0.2, 0.25) is 0 Å². The van der Waals surface area contributed by atoms with Gasteiger partial charge in [0.2, 0.25) is 5.88 Å². The van der Waals surface area contributed by atoms with Crippen LogP contribution in [0.5, 0.6) is 11.6 Å². The van der Waals surface area contributed by atoms with E-state index in [4.69, 9.17) is 15.6 Å². The number of hydrogen-bond donors (Lipinski definition) is 2. The van der Waals surface area contributed by atoms with E-state index in [0.29, 0.717) is 23.7 Å². The van der Waals surface area contributed by atoms with E-state index in [1.807, 2.05) is 37.3 Å². The summed E-state index contributed by atoms with van der Waals surface area (Å²) in [6.45, 7) is 2.00. The van der Waals surface area contributed by atoms with E-state index >= 15 is 0 Å². The second-order valence-electron chi connectivity index (χ2n) is 4.09. The zero-order chi connectivity index (χ0) is 13.0. The maximum atomic E-state index is 9.01. The Labute approximate surface area is 106 Å². The summed E-state index contributed by atoms with van der Waals surface area (Å²) in [6, 6.07) is 9.35. The van der Waals surface area contributed by atoms with Gasteiger partial charge in [-0.15, -0.1) is 0 Å². The minimum absolute atomic E-state index is 0.0805. The normalized spacial score (nSPS) is 10.3. The van der Waals surface area contributed by atoms with Gasteiger partial charge in [0.25, 0.3) is 0 Å². The summed E-state index contributed by atoms with van der Waals surface area (Å²) in [7, 11) is 0. The number of nitrogens with two attached hydrogens (primary N) is 1. The third-order valence-corrected chi connectivity index (χ3v) is 2.58. The Balaban J connectivity index is 2.28. The van der Waals surface area contributed by atoms with Gasteiger partial charge in [0.15, 0.2) is 0 Å². The zero-order valence-electron chi connectivity index (χ0n) is 10.3. The summed E-state index contributed by atoms with van der Waals surface area (Å²) >= 11 is 0. The third-order valence-electron chi connectivity index (χ3n) is 2.58. The number of ether oxygens (including phenoxy) is 1. The Morgan fingerprint density at radius 3 is 2.83 bits per heavy atom. The Morgan fingerprint density at radius 1 is 1.33 bits per heavy atom. The highest BCUT2D eigenvalue weighted by Gasteiger charge is 2.07. The summed E-state index contributed by atoms with van der Waals surface area (Å²) < 4.78 is 5.70. The lowest BCUT2D eigenvalue weighted by molar-refractivity contribution is 0.297. The molecule has 0 spiro atoms. The van der Waals surface area contributed by atoms with Crippen molar-refractivity contribution < 1.29 is 9.84 Å². The number of aliphatic hydroxyl groups excluding tert-OH is 1. The van der Waals surface area contributed by atoms with Crippen molar-refractivity contribution in [3.8, 4) is 11.6 Å². The summed E-state index contributed by atoms with van der Waals surface area (Å²) in [5.41, 5.74) is 8.29. The Morgan fingerprint density at radius 2 is 2.11 bits per heavy atom. The fourth-order valence-corrected chi connectivity index (χ4v) is 1.70. The molecule has 4 heteroatoms. The first kappa shape index (κ1) is 12.4. The lowest BCUT2D eigenvalue weighted by Crippen LogP contribution is -1.99. The average Bonchev–Trinajstić information content (AvgIpc) is 2.35. The minimum atomic E-state index is 0.0805. The summed E-state index contributed by atoms with van der Waals surface area (Å²) in [5.74, 6) is 1.07. The van der Waals surface area contributed by atoms with Crippen molar-refractivity contribution in [2.75, 3.05) is 12.3 Å². The molecule has 0 bridgehead atoms. The highest BCUT2D eigenvalue weighted by Crippen LogP contribution is 2.28. The van der Waals surface area contributed by atoms with Gasteiger partial charge in [0.1, 0.15) is 5.75 Å². The van der Waals surface area contributed by atoms with E-state index in [1.54, 1.807) is 6.20 Å². The summed E-state index contributed by atoms with van der Waals surface area (Å²) in [4.78, 5) is 4.16. The number of hydrogen-bond acceptors (Lipinski definition) is 4. The van der Waals surface area contributed by atoms with E-state index in [1.165, 1.54) is 0 Å². The van der Waals surface area contributed by atoms with Crippen LogP contribution in [0.3, 0.4) is 0 Å². The van der Waals surface area contributed by atoms with Gasteiger partial charge in [0, 0.05) is 12.8 Å². The maximum Gasteiger partial charge on any atom is 0.242 e. The molecule has 0 aliphatic carbocycles. The molecule has 94 valence electrons. The lowest BCUT2D eigenvalue weighted by atomic mass is 10.1. The number of para-hydroxylation sites is 1. The fourth-order valence-electron chi connectivity index (χ4n) is 1.70. The smallest absolute Gasteiger partial charge is 0.242 e. The molecule has 0 aliphatic heterocycles. The van der Waals surface area contributed by atoms with E-state index < -0.39 is 0 Å². The molecule has 0 atom stereocenters. The van der Waals surface area contributed by atoms with Crippen molar-refractivity contribution in [2.45, 2.75) is 13.3 Å². The second-order valence-corrected chi connectivity index (χ2v) is 4.09. The predicted octanol–water partition coefficient (Wildman–Crippen LogP) is 2.30. The van der Waals surface area contributed by atoms with Crippen molar-refractivity contribution in [2.24, 2.45) is 0 Å². The Bertz CT molecular complexity index is 541. The van der Waals surface area contributed by atoms with Gasteiger partial charge >= 0.3 is 0 Å². The number of aliphatic hydroxyl groups is 1. The van der Waals surface area contributed by atoms with E-state index in [-0.39, 0.29) is 6.61 Å². The molecule has 2 aromatic rings. The van der Waals surface area contributed by atoms with Gasteiger partial charge in [-0.3, -0.25) is 0 Å². The van der Waals surface area contributed by atoms with Crippen LogP contribution in [0.1, 0.15) is 11.1 Å². The van der Waals surface area contributed by atoms with E-state index in [0.717, 1.165) is 11.1 Å². The monoisotopic (exact) mass is 244 g/mol. The van der Waals surface area contributed by atoms with Gasteiger partial charge in [0.05, 0.1) is 5.69 Å². The molecule has 3 N–H and O–H groups in total. The molecule has 1 heterocycles. The SMILES string of the molecule is Cc1cnc(Oc2ccccc2CCO)c(N)c1. The van der Waals surface area contributed by atoms with E-state index in [9.17, 15) is 0 Å². The third kappa shape index (κ3) is 2.78. The van der Waals surface area contributed by atoms with Crippen LogP contribution in [0.25, 0.3) is 0 Å². The fraction of sp³-hybridized carbons (Fsp3) is 0.214. The first-order valence-electron chi connectivity index (χ1n) is 5.79. The number of aromatic nitrogens is 1. The van der Waals surface area contributed by atoms with Crippen LogP contribution in [0, 0.1) is 6.92 Å². The van der Waals surface area contributed by atoms with Crippen LogP contribution >= 0.6 is 0 Å². The predicted molar refractivity (Wildman–Crippen MR) is 70.7 cm³/mol. The number of nitrogen functional groups attached to an aromatic ring is 1. The molecule has 1 aromatic heterocycles. The minimum Gasteiger partial charge on any atom is -0.437 e. The van der Waals surface area contributed by atoms with Crippen molar-refractivity contribution in [3.05, 3.63) is 47.7 Å². The van der Waals surface area contributed by atoms with Gasteiger partial charge in [-0.05, 0) is 36.6 Å². The first-order chi connectivity index (χ1) is 8.70. The molecular weight excluding hydrogens is 228 g/mol. The molecule has 1 aromatic carbocycles. The molecule has 2 rings (SSSR count). The molecule has 0 saturated carbocycles. The van der Waals surface area contributed by atoms with Gasteiger partial charge in [-0.25, -0.2) is 4.98 Å².